The summed E-state index contributed by atoms with van der Waals surface area (Å²) in [5.74, 6) is -0.00763. The monoisotopic (exact) mass is 299 g/mol. The van der Waals surface area contributed by atoms with Crippen molar-refractivity contribution in [1.29, 1.82) is 0 Å². The lowest BCUT2D eigenvalue weighted by Crippen LogP contribution is -2.43. The first-order chi connectivity index (χ1) is 9.27. The zero-order chi connectivity index (χ0) is 15.2. The van der Waals surface area contributed by atoms with E-state index in [2.05, 4.69) is 9.88 Å². The van der Waals surface area contributed by atoms with Crippen molar-refractivity contribution in [1.82, 2.24) is 4.72 Å². The van der Waals surface area contributed by atoms with Gasteiger partial charge in [0.15, 0.2) is 0 Å². The lowest BCUT2D eigenvalue weighted by atomic mass is 9.93. The Hall–Kier alpha value is -1.60. The first-order valence-electron chi connectivity index (χ1n) is 6.26. The smallest absolute Gasteiger partial charge is 0.211 e. The predicted molar refractivity (Wildman–Crippen MR) is 79.1 cm³/mol. The minimum Gasteiger partial charge on any atom is -0.409 e. The van der Waals surface area contributed by atoms with E-state index in [0.717, 1.165) is 5.56 Å². The van der Waals surface area contributed by atoms with Crippen LogP contribution < -0.4 is 10.5 Å². The van der Waals surface area contributed by atoms with E-state index >= 15 is 0 Å². The van der Waals surface area contributed by atoms with Crippen LogP contribution in [0, 0.1) is 5.41 Å². The number of aryl methyl sites for hydroxylation is 1. The van der Waals surface area contributed by atoms with Crippen LogP contribution in [0.25, 0.3) is 0 Å². The van der Waals surface area contributed by atoms with Gasteiger partial charge in [-0.05, 0) is 12.0 Å². The summed E-state index contributed by atoms with van der Waals surface area (Å²) in [7, 11) is -3.40. The molecule has 6 nitrogen and oxygen atoms in total. The molecule has 0 fully saturated rings. The fourth-order valence-electron chi connectivity index (χ4n) is 1.49. The van der Waals surface area contributed by atoms with Gasteiger partial charge in [0.2, 0.25) is 10.0 Å². The zero-order valence-electron chi connectivity index (χ0n) is 11.7. The summed E-state index contributed by atoms with van der Waals surface area (Å²) in [5.41, 5.74) is 5.74. The standard InChI is InChI=1S/C13H21N3O3S/c1-13(2,12(14)16-17)10-15-20(18,19)9-8-11-6-4-3-5-7-11/h3-7,15,17H,8-10H2,1-2H3,(H2,14,16). The van der Waals surface area contributed by atoms with E-state index in [9.17, 15) is 8.42 Å². The quantitative estimate of drug-likeness (QED) is 0.301. The van der Waals surface area contributed by atoms with Gasteiger partial charge in [0.1, 0.15) is 5.84 Å². The lowest BCUT2D eigenvalue weighted by molar-refractivity contribution is 0.307. The van der Waals surface area contributed by atoms with E-state index in [1.54, 1.807) is 13.8 Å². The number of hydrogen-bond acceptors (Lipinski definition) is 4. The number of rotatable bonds is 7. The molecule has 1 aromatic rings. The SMILES string of the molecule is CC(C)(CNS(=O)(=O)CCc1ccccc1)/C(N)=N/O. The Kier molecular flexibility index (Phi) is 5.52. The van der Waals surface area contributed by atoms with Gasteiger partial charge in [0.05, 0.1) is 5.75 Å². The van der Waals surface area contributed by atoms with Crippen LogP contribution in [0.4, 0.5) is 0 Å². The molecule has 112 valence electrons. The highest BCUT2D eigenvalue weighted by atomic mass is 32.2. The van der Waals surface area contributed by atoms with Crippen molar-refractivity contribution in [3.63, 3.8) is 0 Å². The van der Waals surface area contributed by atoms with Gasteiger partial charge in [0.25, 0.3) is 0 Å². The number of amidine groups is 1. The Morgan fingerprint density at radius 3 is 2.50 bits per heavy atom. The van der Waals surface area contributed by atoms with Gasteiger partial charge < -0.3 is 10.9 Å². The molecule has 0 saturated carbocycles. The Morgan fingerprint density at radius 1 is 1.35 bits per heavy atom. The number of nitrogens with zero attached hydrogens (tertiary/aromatic N) is 1. The van der Waals surface area contributed by atoms with Crippen molar-refractivity contribution in [3.8, 4) is 0 Å². The van der Waals surface area contributed by atoms with Crippen LogP contribution in [-0.4, -0.2) is 31.8 Å². The molecule has 0 amide bonds. The molecule has 0 atom stereocenters. The molecule has 1 rings (SSSR count). The summed E-state index contributed by atoms with van der Waals surface area (Å²) in [6.07, 6.45) is 0.445. The van der Waals surface area contributed by atoms with E-state index in [1.165, 1.54) is 0 Å². The van der Waals surface area contributed by atoms with Crippen LogP contribution in [0.3, 0.4) is 0 Å². The van der Waals surface area contributed by atoms with E-state index in [4.69, 9.17) is 10.9 Å². The van der Waals surface area contributed by atoms with Gasteiger partial charge in [-0.3, -0.25) is 0 Å². The molecule has 0 saturated heterocycles. The Morgan fingerprint density at radius 2 is 1.95 bits per heavy atom. The van der Waals surface area contributed by atoms with E-state index in [-0.39, 0.29) is 18.1 Å². The van der Waals surface area contributed by atoms with Crippen molar-refractivity contribution in [2.45, 2.75) is 20.3 Å². The maximum Gasteiger partial charge on any atom is 0.211 e. The first-order valence-corrected chi connectivity index (χ1v) is 7.91. The first kappa shape index (κ1) is 16.5. The maximum absolute atomic E-state index is 11.9. The number of nitrogens with two attached hydrogens (primary N) is 1. The average molecular weight is 299 g/mol. The molecule has 0 aliphatic heterocycles. The Bertz CT molecular complexity index is 553. The molecule has 0 unspecified atom stereocenters. The lowest BCUT2D eigenvalue weighted by Gasteiger charge is -2.23. The van der Waals surface area contributed by atoms with Gasteiger partial charge in [-0.15, -0.1) is 0 Å². The number of benzene rings is 1. The van der Waals surface area contributed by atoms with Crippen LogP contribution in [0.15, 0.2) is 35.5 Å². The molecule has 7 heteroatoms. The summed E-state index contributed by atoms with van der Waals surface area (Å²) < 4.78 is 26.3. The predicted octanol–water partition coefficient (Wildman–Crippen LogP) is 0.921. The largest absolute Gasteiger partial charge is 0.409 e. The molecule has 0 aromatic heterocycles. The highest BCUT2D eigenvalue weighted by Crippen LogP contribution is 2.14. The van der Waals surface area contributed by atoms with Gasteiger partial charge in [-0.25, -0.2) is 13.1 Å². The highest BCUT2D eigenvalue weighted by molar-refractivity contribution is 7.89. The highest BCUT2D eigenvalue weighted by Gasteiger charge is 2.25. The number of oxime groups is 1. The van der Waals surface area contributed by atoms with E-state index in [1.807, 2.05) is 30.3 Å². The fraction of sp³-hybridized carbons (Fsp3) is 0.462. The van der Waals surface area contributed by atoms with Gasteiger partial charge in [0, 0.05) is 12.0 Å². The van der Waals surface area contributed by atoms with Crippen LogP contribution >= 0.6 is 0 Å². The second-order valence-corrected chi connectivity index (χ2v) is 7.17. The Labute approximate surface area is 119 Å². The molecule has 0 spiro atoms. The average Bonchev–Trinajstić information content (AvgIpc) is 2.43. The molecule has 0 heterocycles. The van der Waals surface area contributed by atoms with Crippen LogP contribution in [0.2, 0.25) is 0 Å². The van der Waals surface area contributed by atoms with Crippen molar-refractivity contribution in [2.24, 2.45) is 16.3 Å². The third kappa shape index (κ3) is 5.18. The molecule has 0 aliphatic rings. The zero-order valence-corrected chi connectivity index (χ0v) is 12.5. The summed E-state index contributed by atoms with van der Waals surface area (Å²) in [6, 6.07) is 9.40. The molecule has 1 aromatic carbocycles. The summed E-state index contributed by atoms with van der Waals surface area (Å²) in [6.45, 7) is 3.48. The van der Waals surface area contributed by atoms with Crippen LogP contribution in [-0.2, 0) is 16.4 Å². The number of nitrogens with one attached hydrogen (secondary N) is 1. The topological polar surface area (TPSA) is 105 Å². The maximum atomic E-state index is 11.9. The second-order valence-electron chi connectivity index (χ2n) is 5.24. The fourth-order valence-corrected chi connectivity index (χ4v) is 2.71. The second kappa shape index (κ2) is 6.71. The third-order valence-corrected chi connectivity index (χ3v) is 4.36. The molecular weight excluding hydrogens is 278 g/mol. The summed E-state index contributed by atoms with van der Waals surface area (Å²) >= 11 is 0. The number of sulfonamides is 1. The van der Waals surface area contributed by atoms with Crippen LogP contribution in [0.1, 0.15) is 19.4 Å². The van der Waals surface area contributed by atoms with E-state index in [0.29, 0.717) is 6.42 Å². The van der Waals surface area contributed by atoms with Crippen molar-refractivity contribution >= 4 is 15.9 Å². The van der Waals surface area contributed by atoms with E-state index < -0.39 is 15.4 Å². The minimum atomic E-state index is -3.40. The third-order valence-electron chi connectivity index (χ3n) is 3.04. The van der Waals surface area contributed by atoms with Crippen LogP contribution in [0.5, 0.6) is 0 Å². The Balaban J connectivity index is 2.54. The molecular formula is C13H21N3O3S. The van der Waals surface area contributed by atoms with Crippen molar-refractivity contribution < 1.29 is 13.6 Å². The van der Waals surface area contributed by atoms with Gasteiger partial charge in [-0.1, -0.05) is 49.3 Å². The molecule has 0 bridgehead atoms. The summed E-state index contributed by atoms with van der Waals surface area (Å²) in [4.78, 5) is 0. The molecule has 4 N–H and O–H groups in total. The minimum absolute atomic E-state index is 0.00324. The number of hydrogen-bond donors (Lipinski definition) is 3. The van der Waals surface area contributed by atoms with Gasteiger partial charge in [-0.2, -0.15) is 0 Å². The molecule has 0 aliphatic carbocycles. The van der Waals surface area contributed by atoms with Crippen molar-refractivity contribution in [3.05, 3.63) is 35.9 Å². The summed E-state index contributed by atoms with van der Waals surface area (Å²) in [5, 5.41) is 11.6. The van der Waals surface area contributed by atoms with Crippen molar-refractivity contribution in [2.75, 3.05) is 12.3 Å². The normalized spacial score (nSPS) is 13.4. The molecule has 20 heavy (non-hydrogen) atoms. The molecule has 0 radical (unpaired) electrons. The van der Waals surface area contributed by atoms with Gasteiger partial charge >= 0.3 is 0 Å².